The van der Waals surface area contributed by atoms with Gasteiger partial charge in [0.1, 0.15) is 18.5 Å². The molecule has 3 aromatic rings. The molecule has 0 radical (unpaired) electrons. The molecule has 1 aromatic carbocycles. The Bertz CT molecular complexity index is 1020. The molecular formula is C24H32N2O4S. The third-order valence-electron chi connectivity index (χ3n) is 5.24. The molecule has 0 aliphatic heterocycles. The summed E-state index contributed by atoms with van der Waals surface area (Å²) in [5.74, 6) is 2.32. The topological polar surface area (TPSA) is 88.6 Å². The zero-order valence-electron chi connectivity index (χ0n) is 19.2. The van der Waals surface area contributed by atoms with Crippen LogP contribution < -0.4 is 4.74 Å². The van der Waals surface area contributed by atoms with Gasteiger partial charge in [0.15, 0.2) is 0 Å². The lowest BCUT2D eigenvalue weighted by Gasteiger charge is -2.15. The Morgan fingerprint density at radius 1 is 1.06 bits per heavy atom. The Balaban J connectivity index is 1.91. The van der Waals surface area contributed by atoms with Crippen LogP contribution in [0.25, 0.3) is 22.2 Å². The van der Waals surface area contributed by atoms with Crippen LogP contribution in [0.4, 0.5) is 0 Å². The molecule has 168 valence electrons. The second-order valence-electron chi connectivity index (χ2n) is 8.39. The second-order valence-corrected chi connectivity index (χ2v) is 9.62. The molecule has 1 atom stereocenters. The molecular weight excluding hydrogens is 412 g/mol. The minimum Gasteiger partial charge on any atom is -0.490 e. The number of aromatic nitrogens is 2. The standard InChI is InChI=1S/C24H32N2O4S/c1-7-19-20(8-13(2)3)16(6)31-22(19)24-26-25-23(30-24)17-9-14(4)21(15(5)10-17)29-12-18(28)11-27/h9-10,13,18,27-28H,7-8,11-12H2,1-6H3. The zero-order chi connectivity index (χ0) is 22.7. The average Bonchev–Trinajstić information content (AvgIpc) is 3.32. The molecule has 0 aliphatic carbocycles. The van der Waals surface area contributed by atoms with Crippen molar-refractivity contribution in [1.29, 1.82) is 0 Å². The fourth-order valence-corrected chi connectivity index (χ4v) is 5.01. The van der Waals surface area contributed by atoms with E-state index in [0.29, 0.717) is 23.4 Å². The molecule has 0 amide bonds. The van der Waals surface area contributed by atoms with E-state index in [2.05, 4.69) is 37.9 Å². The summed E-state index contributed by atoms with van der Waals surface area (Å²) in [5.41, 5.74) is 5.36. The Kier molecular flexibility index (Phi) is 7.51. The average molecular weight is 445 g/mol. The number of hydrogen-bond acceptors (Lipinski definition) is 7. The van der Waals surface area contributed by atoms with E-state index in [1.165, 1.54) is 16.0 Å². The molecule has 0 saturated heterocycles. The van der Waals surface area contributed by atoms with Crippen LogP contribution >= 0.6 is 11.3 Å². The van der Waals surface area contributed by atoms with Gasteiger partial charge < -0.3 is 19.4 Å². The summed E-state index contributed by atoms with van der Waals surface area (Å²) in [5, 5.41) is 27.2. The SMILES string of the molecule is CCc1c(-c2nnc(-c3cc(C)c(OCC(O)CO)c(C)c3)o2)sc(C)c1CC(C)C. The molecule has 0 spiro atoms. The molecule has 2 heterocycles. The van der Waals surface area contributed by atoms with Gasteiger partial charge in [-0.25, -0.2) is 0 Å². The predicted octanol–water partition coefficient (Wildman–Crippen LogP) is 4.88. The third kappa shape index (κ3) is 5.17. The molecule has 3 rings (SSSR count). The summed E-state index contributed by atoms with van der Waals surface area (Å²) in [6.45, 7) is 12.4. The highest BCUT2D eigenvalue weighted by Crippen LogP contribution is 2.39. The molecule has 2 N–H and O–H groups in total. The Labute approximate surface area is 187 Å². The van der Waals surface area contributed by atoms with Crippen molar-refractivity contribution in [2.24, 2.45) is 5.92 Å². The summed E-state index contributed by atoms with van der Waals surface area (Å²) in [6, 6.07) is 3.88. The number of aliphatic hydroxyl groups excluding tert-OH is 2. The lowest BCUT2D eigenvalue weighted by Crippen LogP contribution is -2.21. The summed E-state index contributed by atoms with van der Waals surface area (Å²) in [6.07, 6.45) is 1.08. The molecule has 1 unspecified atom stereocenters. The number of aliphatic hydroxyl groups is 2. The molecule has 0 bridgehead atoms. The molecule has 7 heteroatoms. The highest BCUT2D eigenvalue weighted by atomic mass is 32.1. The lowest BCUT2D eigenvalue weighted by molar-refractivity contribution is 0.0532. The number of nitrogens with zero attached hydrogens (tertiary/aromatic N) is 2. The van der Waals surface area contributed by atoms with Crippen molar-refractivity contribution in [1.82, 2.24) is 10.2 Å². The molecule has 31 heavy (non-hydrogen) atoms. The van der Waals surface area contributed by atoms with Crippen LogP contribution in [0.2, 0.25) is 0 Å². The number of ether oxygens (including phenoxy) is 1. The lowest BCUT2D eigenvalue weighted by atomic mass is 9.97. The van der Waals surface area contributed by atoms with Crippen LogP contribution in [0.15, 0.2) is 16.5 Å². The van der Waals surface area contributed by atoms with E-state index in [-0.39, 0.29) is 13.2 Å². The van der Waals surface area contributed by atoms with E-state index in [1.807, 2.05) is 26.0 Å². The van der Waals surface area contributed by atoms with Crippen molar-refractivity contribution >= 4 is 11.3 Å². The summed E-state index contributed by atoms with van der Waals surface area (Å²) >= 11 is 1.73. The van der Waals surface area contributed by atoms with Crippen LogP contribution in [0, 0.1) is 26.7 Å². The molecule has 6 nitrogen and oxygen atoms in total. The van der Waals surface area contributed by atoms with Gasteiger partial charge in [0.2, 0.25) is 5.89 Å². The van der Waals surface area contributed by atoms with Gasteiger partial charge in [-0.15, -0.1) is 21.5 Å². The van der Waals surface area contributed by atoms with E-state index in [1.54, 1.807) is 11.3 Å². The Hall–Kier alpha value is -2.22. The minimum absolute atomic E-state index is 0.0401. The molecule has 0 saturated carbocycles. The van der Waals surface area contributed by atoms with Crippen LogP contribution in [0.3, 0.4) is 0 Å². The number of rotatable bonds is 9. The first-order valence-corrected chi connectivity index (χ1v) is 11.5. The monoisotopic (exact) mass is 444 g/mol. The van der Waals surface area contributed by atoms with Gasteiger partial charge in [0.05, 0.1) is 11.5 Å². The quantitative estimate of drug-likeness (QED) is 0.489. The predicted molar refractivity (Wildman–Crippen MR) is 124 cm³/mol. The van der Waals surface area contributed by atoms with E-state index < -0.39 is 6.10 Å². The van der Waals surface area contributed by atoms with E-state index >= 15 is 0 Å². The number of hydrogen-bond donors (Lipinski definition) is 2. The van der Waals surface area contributed by atoms with Crippen LogP contribution in [-0.2, 0) is 12.8 Å². The fourth-order valence-electron chi connectivity index (χ4n) is 3.81. The second kappa shape index (κ2) is 9.94. The van der Waals surface area contributed by atoms with Gasteiger partial charge in [0, 0.05) is 10.4 Å². The first-order chi connectivity index (χ1) is 14.7. The fraction of sp³-hybridized carbons (Fsp3) is 0.500. The molecule has 2 aromatic heterocycles. The molecule has 0 aliphatic rings. The van der Waals surface area contributed by atoms with Gasteiger partial charge in [-0.2, -0.15) is 0 Å². The first kappa shape index (κ1) is 23.4. The van der Waals surface area contributed by atoms with Crippen molar-refractivity contribution in [3.63, 3.8) is 0 Å². The zero-order valence-corrected chi connectivity index (χ0v) is 20.0. The van der Waals surface area contributed by atoms with Gasteiger partial charge in [-0.05, 0) is 73.9 Å². The highest BCUT2D eigenvalue weighted by Gasteiger charge is 2.21. The van der Waals surface area contributed by atoms with Crippen molar-refractivity contribution in [2.45, 2.75) is 60.5 Å². The van der Waals surface area contributed by atoms with Gasteiger partial charge >= 0.3 is 0 Å². The number of benzene rings is 1. The van der Waals surface area contributed by atoms with Crippen molar-refractivity contribution in [3.05, 3.63) is 39.3 Å². The summed E-state index contributed by atoms with van der Waals surface area (Å²) < 4.78 is 11.8. The summed E-state index contributed by atoms with van der Waals surface area (Å²) in [4.78, 5) is 2.39. The largest absolute Gasteiger partial charge is 0.490 e. The molecule has 0 fully saturated rings. The smallest absolute Gasteiger partial charge is 0.258 e. The van der Waals surface area contributed by atoms with Crippen molar-refractivity contribution < 1.29 is 19.4 Å². The highest BCUT2D eigenvalue weighted by molar-refractivity contribution is 7.15. The maximum absolute atomic E-state index is 9.55. The van der Waals surface area contributed by atoms with Gasteiger partial charge in [0.25, 0.3) is 5.89 Å². The van der Waals surface area contributed by atoms with Gasteiger partial charge in [-0.3, -0.25) is 0 Å². The van der Waals surface area contributed by atoms with Crippen molar-refractivity contribution in [2.75, 3.05) is 13.2 Å². The maximum atomic E-state index is 9.55. The van der Waals surface area contributed by atoms with Crippen molar-refractivity contribution in [3.8, 4) is 28.0 Å². The maximum Gasteiger partial charge on any atom is 0.258 e. The normalized spacial score (nSPS) is 12.5. The summed E-state index contributed by atoms with van der Waals surface area (Å²) in [7, 11) is 0. The number of thiophene rings is 1. The first-order valence-electron chi connectivity index (χ1n) is 10.7. The van der Waals surface area contributed by atoms with E-state index in [4.69, 9.17) is 14.3 Å². The van der Waals surface area contributed by atoms with Gasteiger partial charge in [-0.1, -0.05) is 20.8 Å². The van der Waals surface area contributed by atoms with E-state index in [0.717, 1.165) is 34.4 Å². The van der Waals surface area contributed by atoms with Crippen LogP contribution in [-0.4, -0.2) is 39.7 Å². The third-order valence-corrected chi connectivity index (χ3v) is 6.42. The van der Waals surface area contributed by atoms with Crippen LogP contribution in [0.1, 0.15) is 47.9 Å². The Morgan fingerprint density at radius 2 is 1.71 bits per heavy atom. The Morgan fingerprint density at radius 3 is 2.29 bits per heavy atom. The van der Waals surface area contributed by atoms with Crippen LogP contribution in [0.5, 0.6) is 5.75 Å². The minimum atomic E-state index is -0.903. The number of aryl methyl sites for hydroxylation is 3. The van der Waals surface area contributed by atoms with E-state index in [9.17, 15) is 5.11 Å².